The molecule has 19 heavy (non-hydrogen) atoms. The molecule has 0 aliphatic heterocycles. The normalized spacial score (nSPS) is 16.4. The Hall–Kier alpha value is -2.61. The predicted molar refractivity (Wildman–Crippen MR) is 64.7 cm³/mol. The van der Waals surface area contributed by atoms with Crippen molar-refractivity contribution >= 4 is 17.5 Å². The second-order valence-corrected chi connectivity index (χ2v) is 3.85. The summed E-state index contributed by atoms with van der Waals surface area (Å²) in [6, 6.07) is 4.60. The topological polar surface area (TPSA) is 69.7 Å². The van der Waals surface area contributed by atoms with Gasteiger partial charge in [0.05, 0.1) is 5.56 Å². The van der Waals surface area contributed by atoms with Gasteiger partial charge in [-0.1, -0.05) is 18.1 Å². The van der Waals surface area contributed by atoms with Crippen LogP contribution in [0.5, 0.6) is 5.75 Å². The molecule has 0 aromatic heterocycles. The van der Waals surface area contributed by atoms with Crippen molar-refractivity contribution in [2.75, 3.05) is 0 Å². The fraction of sp³-hybridized carbons (Fsp3) is 0.214. The average molecular weight is 258 g/mol. The van der Waals surface area contributed by atoms with Gasteiger partial charge in [-0.05, 0) is 6.07 Å². The molecular formula is C14H10O5. The highest BCUT2D eigenvalue weighted by molar-refractivity contribution is 6.30. The highest BCUT2D eigenvalue weighted by Gasteiger charge is 2.43. The van der Waals surface area contributed by atoms with Gasteiger partial charge in [0.1, 0.15) is 6.11 Å². The van der Waals surface area contributed by atoms with Crippen molar-refractivity contribution in [3.8, 4) is 17.8 Å². The molecule has 1 aliphatic carbocycles. The Balaban J connectivity index is 2.45. The minimum absolute atomic E-state index is 0.113. The van der Waals surface area contributed by atoms with E-state index in [0.29, 0.717) is 0 Å². The van der Waals surface area contributed by atoms with Crippen molar-refractivity contribution in [3.05, 3.63) is 29.3 Å². The molecule has 2 rings (SSSR count). The van der Waals surface area contributed by atoms with Crippen LogP contribution in [0, 0.1) is 12.0 Å². The molecule has 0 spiro atoms. The zero-order chi connectivity index (χ0) is 14.0. The van der Waals surface area contributed by atoms with Crippen LogP contribution in [0.2, 0.25) is 0 Å². The molecule has 0 bridgehead atoms. The first-order valence-electron chi connectivity index (χ1n) is 5.53. The van der Waals surface area contributed by atoms with E-state index in [1.807, 2.05) is 0 Å². The van der Waals surface area contributed by atoms with Crippen LogP contribution in [0.3, 0.4) is 0 Å². The third-order valence-corrected chi connectivity index (χ3v) is 2.56. The van der Waals surface area contributed by atoms with Crippen molar-refractivity contribution in [2.24, 2.45) is 0 Å². The summed E-state index contributed by atoms with van der Waals surface area (Å²) in [4.78, 5) is 35.0. The Kier molecular flexibility index (Phi) is 3.34. The summed E-state index contributed by atoms with van der Waals surface area (Å²) < 4.78 is 9.84. The first kappa shape index (κ1) is 12.8. The lowest BCUT2D eigenvalue weighted by molar-refractivity contribution is -0.142. The molecule has 1 unspecified atom stereocenters. The molecule has 1 aliphatic rings. The summed E-state index contributed by atoms with van der Waals surface area (Å²) in [7, 11) is 0. The van der Waals surface area contributed by atoms with Crippen molar-refractivity contribution < 1.29 is 23.9 Å². The largest absolute Gasteiger partial charge is 0.446 e. The molecule has 0 saturated heterocycles. The zero-order valence-corrected chi connectivity index (χ0v) is 10.4. The first-order valence-corrected chi connectivity index (χ1v) is 5.53. The SMILES string of the molecule is CC#COc1cccc2c1C(=O)C(OC(C)=O)C2=O. The standard InChI is InChI=1S/C14H10O5/c1-3-7-18-10-6-4-5-9-11(10)13(17)14(12(9)16)19-8(2)15/h4-6,14H,1-2H3. The zero-order valence-electron chi connectivity index (χ0n) is 10.4. The Bertz CT molecular complexity index is 633. The quantitative estimate of drug-likeness (QED) is 0.455. The molecule has 0 N–H and O–H groups in total. The fourth-order valence-electron chi connectivity index (χ4n) is 1.85. The van der Waals surface area contributed by atoms with Gasteiger partial charge in [0.25, 0.3) is 0 Å². The van der Waals surface area contributed by atoms with Crippen molar-refractivity contribution in [3.63, 3.8) is 0 Å². The number of ether oxygens (including phenoxy) is 2. The Morgan fingerprint density at radius 2 is 2.00 bits per heavy atom. The minimum atomic E-state index is -1.41. The maximum atomic E-state index is 12.1. The van der Waals surface area contributed by atoms with Crippen LogP contribution < -0.4 is 4.74 Å². The summed E-state index contributed by atoms with van der Waals surface area (Å²) in [5.41, 5.74) is 0.299. The second-order valence-electron chi connectivity index (χ2n) is 3.85. The second kappa shape index (κ2) is 4.94. The molecule has 1 aromatic rings. The molecular weight excluding hydrogens is 248 g/mol. The number of ketones is 2. The van der Waals surface area contributed by atoms with Gasteiger partial charge < -0.3 is 9.47 Å². The van der Waals surface area contributed by atoms with Crippen LogP contribution in [-0.4, -0.2) is 23.6 Å². The third kappa shape index (κ3) is 2.20. The number of esters is 1. The van der Waals surface area contributed by atoms with E-state index < -0.39 is 23.6 Å². The number of carbonyl (C=O) groups is 3. The number of benzene rings is 1. The van der Waals surface area contributed by atoms with E-state index in [2.05, 4.69) is 12.0 Å². The highest BCUT2D eigenvalue weighted by Crippen LogP contribution is 2.32. The first-order chi connectivity index (χ1) is 9.06. The fourth-order valence-corrected chi connectivity index (χ4v) is 1.85. The molecule has 5 nitrogen and oxygen atoms in total. The molecule has 1 aromatic carbocycles. The van der Waals surface area contributed by atoms with Gasteiger partial charge in [-0.25, -0.2) is 0 Å². The molecule has 1 atom stereocenters. The third-order valence-electron chi connectivity index (χ3n) is 2.56. The predicted octanol–water partition coefficient (Wildman–Crippen LogP) is 1.36. The van der Waals surface area contributed by atoms with Crippen molar-refractivity contribution in [1.82, 2.24) is 0 Å². The van der Waals surface area contributed by atoms with Crippen LogP contribution in [0.25, 0.3) is 0 Å². The van der Waals surface area contributed by atoms with Gasteiger partial charge in [0.15, 0.2) is 5.75 Å². The van der Waals surface area contributed by atoms with Crippen LogP contribution in [0.4, 0.5) is 0 Å². The molecule has 0 amide bonds. The Labute approximate surface area is 109 Å². The van der Waals surface area contributed by atoms with E-state index in [1.54, 1.807) is 13.0 Å². The number of carbonyl (C=O) groups excluding carboxylic acids is 3. The average Bonchev–Trinajstić information content (AvgIpc) is 2.62. The van der Waals surface area contributed by atoms with E-state index in [0.717, 1.165) is 6.92 Å². The number of rotatable bonds is 2. The summed E-state index contributed by atoms with van der Waals surface area (Å²) >= 11 is 0. The Morgan fingerprint density at radius 3 is 2.63 bits per heavy atom. The van der Waals surface area contributed by atoms with Crippen LogP contribution in [0.1, 0.15) is 34.6 Å². The minimum Gasteiger partial charge on any atom is -0.446 e. The van der Waals surface area contributed by atoms with E-state index in [-0.39, 0.29) is 16.9 Å². The van der Waals surface area contributed by atoms with Gasteiger partial charge in [-0.2, -0.15) is 0 Å². The summed E-state index contributed by atoms with van der Waals surface area (Å²) in [5, 5.41) is 0. The summed E-state index contributed by atoms with van der Waals surface area (Å²) in [6.45, 7) is 2.72. The van der Waals surface area contributed by atoms with Crippen LogP contribution in [0.15, 0.2) is 18.2 Å². The number of fused-ring (bicyclic) bond motifs is 1. The maximum absolute atomic E-state index is 12.1. The summed E-state index contributed by atoms with van der Waals surface area (Å²) in [5.74, 6) is 0.916. The molecule has 0 fully saturated rings. The van der Waals surface area contributed by atoms with E-state index in [4.69, 9.17) is 9.47 Å². The smallest absolute Gasteiger partial charge is 0.303 e. The molecule has 96 valence electrons. The van der Waals surface area contributed by atoms with Gasteiger partial charge in [0.2, 0.25) is 17.7 Å². The number of hydrogen-bond donors (Lipinski definition) is 0. The molecule has 0 heterocycles. The number of Topliss-reactive ketones (excluding diaryl/α,β-unsaturated/α-hetero) is 2. The van der Waals surface area contributed by atoms with Gasteiger partial charge in [-0.15, -0.1) is 0 Å². The lowest BCUT2D eigenvalue weighted by Gasteiger charge is -2.06. The maximum Gasteiger partial charge on any atom is 0.303 e. The lowest BCUT2D eigenvalue weighted by atomic mass is 10.1. The molecule has 0 saturated carbocycles. The Morgan fingerprint density at radius 1 is 1.26 bits per heavy atom. The van der Waals surface area contributed by atoms with E-state index in [9.17, 15) is 14.4 Å². The highest BCUT2D eigenvalue weighted by atomic mass is 16.5. The monoisotopic (exact) mass is 258 g/mol. The van der Waals surface area contributed by atoms with Crippen LogP contribution >= 0.6 is 0 Å². The van der Waals surface area contributed by atoms with E-state index >= 15 is 0 Å². The van der Waals surface area contributed by atoms with Gasteiger partial charge in [-0.3, -0.25) is 14.4 Å². The van der Waals surface area contributed by atoms with E-state index in [1.165, 1.54) is 12.1 Å². The van der Waals surface area contributed by atoms with Gasteiger partial charge in [0, 0.05) is 19.4 Å². The lowest BCUT2D eigenvalue weighted by Crippen LogP contribution is -2.27. The number of hydrogen-bond acceptors (Lipinski definition) is 5. The van der Waals surface area contributed by atoms with Gasteiger partial charge >= 0.3 is 5.97 Å². The molecule has 0 radical (unpaired) electrons. The van der Waals surface area contributed by atoms with Crippen molar-refractivity contribution in [2.45, 2.75) is 20.0 Å². The van der Waals surface area contributed by atoms with Crippen molar-refractivity contribution in [1.29, 1.82) is 0 Å². The van der Waals surface area contributed by atoms with Crippen LogP contribution in [-0.2, 0) is 9.53 Å². The molecule has 5 heteroatoms. The summed E-state index contributed by atoms with van der Waals surface area (Å²) in [6.07, 6.45) is 0.954.